The van der Waals surface area contributed by atoms with Crippen LogP contribution in [0.4, 0.5) is 4.79 Å². The highest BCUT2D eigenvalue weighted by atomic mass is 16.6. The Balaban J connectivity index is 1.78. The molecule has 1 atom stereocenters. The van der Waals surface area contributed by atoms with E-state index in [1.54, 1.807) is 11.1 Å². The Bertz CT molecular complexity index is 785. The minimum absolute atomic E-state index is 0.0766. The normalized spacial score (nSPS) is 17.8. The van der Waals surface area contributed by atoms with E-state index in [0.717, 1.165) is 29.7 Å². The number of ether oxygens (including phenoxy) is 1. The molecule has 6 heteroatoms. The molecule has 0 spiro atoms. The Kier molecular flexibility index (Phi) is 5.20. The van der Waals surface area contributed by atoms with E-state index in [1.807, 2.05) is 39.0 Å². The summed E-state index contributed by atoms with van der Waals surface area (Å²) in [6.07, 6.45) is 3.27. The van der Waals surface area contributed by atoms with Gasteiger partial charge in [-0.05, 0) is 46.1 Å². The molecular weight excluding hydrogens is 328 g/mol. The second-order valence-corrected chi connectivity index (χ2v) is 7.78. The third-order valence-corrected chi connectivity index (χ3v) is 4.43. The minimum Gasteiger partial charge on any atom is -0.444 e. The molecule has 138 valence electrons. The zero-order valence-corrected chi connectivity index (χ0v) is 15.9. The number of hydrogen-bond acceptors (Lipinski definition) is 5. The lowest BCUT2D eigenvalue weighted by molar-refractivity contribution is 0.0195. The van der Waals surface area contributed by atoms with E-state index in [0.29, 0.717) is 18.9 Å². The second kappa shape index (κ2) is 7.40. The fourth-order valence-corrected chi connectivity index (χ4v) is 3.16. The van der Waals surface area contributed by atoms with E-state index < -0.39 is 5.60 Å². The second-order valence-electron chi connectivity index (χ2n) is 7.78. The molecule has 2 aromatic rings. The van der Waals surface area contributed by atoms with Gasteiger partial charge in [-0.2, -0.15) is 5.10 Å². The SMILES string of the molecule is Cc1ccccc1-c1cnnc(C2CCCN(C(=O)OC(C)(C)C)C2)n1. The molecular formula is C20H26N4O2. The lowest BCUT2D eigenvalue weighted by atomic mass is 9.97. The first-order valence-electron chi connectivity index (χ1n) is 9.07. The highest BCUT2D eigenvalue weighted by Gasteiger charge is 2.30. The molecule has 1 aliphatic heterocycles. The third-order valence-electron chi connectivity index (χ3n) is 4.43. The van der Waals surface area contributed by atoms with Crippen molar-refractivity contribution in [1.29, 1.82) is 0 Å². The molecule has 2 heterocycles. The first kappa shape index (κ1) is 18.3. The highest BCUT2D eigenvalue weighted by molar-refractivity contribution is 5.68. The number of aryl methyl sites for hydroxylation is 1. The fraction of sp³-hybridized carbons (Fsp3) is 0.500. The monoisotopic (exact) mass is 354 g/mol. The maximum atomic E-state index is 12.4. The summed E-state index contributed by atoms with van der Waals surface area (Å²) in [6.45, 7) is 8.97. The summed E-state index contributed by atoms with van der Waals surface area (Å²) in [4.78, 5) is 18.9. The standard InChI is InChI=1S/C20H26N4O2/c1-14-8-5-6-10-16(14)17-12-21-23-18(22-17)15-9-7-11-24(13-15)19(25)26-20(2,3)4/h5-6,8,10,12,15H,7,9,11,13H2,1-4H3. The molecule has 1 unspecified atom stereocenters. The lowest BCUT2D eigenvalue weighted by Gasteiger charge is -2.33. The van der Waals surface area contributed by atoms with E-state index in [4.69, 9.17) is 9.72 Å². The predicted molar refractivity (Wildman–Crippen MR) is 99.8 cm³/mol. The van der Waals surface area contributed by atoms with E-state index in [2.05, 4.69) is 23.2 Å². The number of aromatic nitrogens is 3. The van der Waals surface area contributed by atoms with Crippen molar-refractivity contribution in [2.45, 2.75) is 52.1 Å². The topological polar surface area (TPSA) is 68.2 Å². The Morgan fingerprint density at radius 1 is 1.27 bits per heavy atom. The highest BCUT2D eigenvalue weighted by Crippen LogP contribution is 2.27. The molecule has 0 N–H and O–H groups in total. The summed E-state index contributed by atoms with van der Waals surface area (Å²) in [5.41, 5.74) is 2.54. The number of carbonyl (C=O) groups is 1. The predicted octanol–water partition coefficient (Wildman–Crippen LogP) is 3.96. The first-order chi connectivity index (χ1) is 12.3. The number of nitrogens with zero attached hydrogens (tertiary/aromatic N) is 4. The Labute approximate surface area is 154 Å². The molecule has 6 nitrogen and oxygen atoms in total. The first-order valence-corrected chi connectivity index (χ1v) is 9.07. The van der Waals surface area contributed by atoms with Crippen molar-refractivity contribution in [3.63, 3.8) is 0 Å². The largest absolute Gasteiger partial charge is 0.444 e. The molecule has 3 rings (SSSR count). The minimum atomic E-state index is -0.493. The molecule has 1 aliphatic rings. The molecule has 26 heavy (non-hydrogen) atoms. The van der Waals surface area contributed by atoms with Gasteiger partial charge < -0.3 is 9.64 Å². The van der Waals surface area contributed by atoms with Gasteiger partial charge in [-0.15, -0.1) is 5.10 Å². The number of hydrogen-bond donors (Lipinski definition) is 0. The zero-order chi connectivity index (χ0) is 18.7. The van der Waals surface area contributed by atoms with Crippen LogP contribution in [0.15, 0.2) is 30.5 Å². The van der Waals surface area contributed by atoms with Crippen molar-refractivity contribution in [2.24, 2.45) is 0 Å². The van der Waals surface area contributed by atoms with Gasteiger partial charge in [0.05, 0.1) is 11.9 Å². The molecule has 0 radical (unpaired) electrons. The number of amides is 1. The van der Waals surface area contributed by atoms with Crippen LogP contribution in [0.25, 0.3) is 11.3 Å². The van der Waals surface area contributed by atoms with Gasteiger partial charge in [0.15, 0.2) is 5.82 Å². The van der Waals surface area contributed by atoms with Crippen molar-refractivity contribution in [2.75, 3.05) is 13.1 Å². The van der Waals surface area contributed by atoms with Crippen molar-refractivity contribution in [1.82, 2.24) is 20.1 Å². The lowest BCUT2D eigenvalue weighted by Crippen LogP contribution is -2.42. The molecule has 0 saturated carbocycles. The maximum Gasteiger partial charge on any atom is 0.410 e. The van der Waals surface area contributed by atoms with Crippen LogP contribution in [0.1, 0.15) is 50.9 Å². The Hall–Kier alpha value is -2.50. The van der Waals surface area contributed by atoms with Gasteiger partial charge >= 0.3 is 6.09 Å². The van der Waals surface area contributed by atoms with Gasteiger partial charge in [0.2, 0.25) is 0 Å². The van der Waals surface area contributed by atoms with Gasteiger partial charge in [0.1, 0.15) is 5.60 Å². The van der Waals surface area contributed by atoms with Crippen molar-refractivity contribution in [3.05, 3.63) is 41.9 Å². The number of carbonyl (C=O) groups excluding carboxylic acids is 1. The summed E-state index contributed by atoms with van der Waals surface area (Å²) in [5, 5.41) is 8.41. The van der Waals surface area contributed by atoms with Gasteiger partial charge in [0.25, 0.3) is 0 Å². The Morgan fingerprint density at radius 2 is 2.04 bits per heavy atom. The quantitative estimate of drug-likeness (QED) is 0.816. The summed E-state index contributed by atoms with van der Waals surface area (Å²) >= 11 is 0. The van der Waals surface area contributed by atoms with Crippen LogP contribution in [-0.2, 0) is 4.74 Å². The Morgan fingerprint density at radius 3 is 2.77 bits per heavy atom. The van der Waals surface area contributed by atoms with E-state index in [1.165, 1.54) is 0 Å². The van der Waals surface area contributed by atoms with Crippen LogP contribution in [0, 0.1) is 6.92 Å². The average molecular weight is 354 g/mol. The smallest absolute Gasteiger partial charge is 0.410 e. The van der Waals surface area contributed by atoms with Crippen LogP contribution in [0.5, 0.6) is 0 Å². The van der Waals surface area contributed by atoms with Crippen LogP contribution in [0.2, 0.25) is 0 Å². The third kappa shape index (κ3) is 4.36. The summed E-state index contributed by atoms with van der Waals surface area (Å²) in [7, 11) is 0. The van der Waals surface area contributed by atoms with Crippen molar-refractivity contribution >= 4 is 6.09 Å². The van der Waals surface area contributed by atoms with E-state index >= 15 is 0 Å². The zero-order valence-electron chi connectivity index (χ0n) is 15.9. The van der Waals surface area contributed by atoms with Crippen LogP contribution in [0.3, 0.4) is 0 Å². The average Bonchev–Trinajstić information content (AvgIpc) is 2.61. The molecule has 1 aromatic heterocycles. The number of likely N-dealkylation sites (tertiary alicyclic amines) is 1. The molecule has 1 fully saturated rings. The number of rotatable bonds is 2. The van der Waals surface area contributed by atoms with E-state index in [9.17, 15) is 4.79 Å². The van der Waals surface area contributed by atoms with Crippen LogP contribution >= 0.6 is 0 Å². The fourth-order valence-electron chi connectivity index (χ4n) is 3.16. The summed E-state index contributed by atoms with van der Waals surface area (Å²) < 4.78 is 5.50. The maximum absolute atomic E-state index is 12.4. The summed E-state index contributed by atoms with van der Waals surface area (Å²) in [6, 6.07) is 8.10. The molecule has 1 amide bonds. The van der Waals surface area contributed by atoms with Gasteiger partial charge in [-0.1, -0.05) is 24.3 Å². The van der Waals surface area contributed by atoms with Crippen LogP contribution < -0.4 is 0 Å². The molecule has 0 bridgehead atoms. The number of benzene rings is 1. The van der Waals surface area contributed by atoms with Crippen molar-refractivity contribution in [3.8, 4) is 11.3 Å². The van der Waals surface area contributed by atoms with Crippen molar-refractivity contribution < 1.29 is 9.53 Å². The van der Waals surface area contributed by atoms with E-state index in [-0.39, 0.29) is 12.0 Å². The molecule has 0 aliphatic carbocycles. The number of piperidine rings is 1. The van der Waals surface area contributed by atoms with Gasteiger partial charge in [-0.25, -0.2) is 9.78 Å². The molecule has 1 aromatic carbocycles. The summed E-state index contributed by atoms with van der Waals surface area (Å²) in [5.74, 6) is 0.770. The van der Waals surface area contributed by atoms with Gasteiger partial charge in [0, 0.05) is 24.6 Å². The molecule has 1 saturated heterocycles. The van der Waals surface area contributed by atoms with Crippen LogP contribution in [-0.4, -0.2) is 44.9 Å². The van der Waals surface area contributed by atoms with Gasteiger partial charge in [-0.3, -0.25) is 0 Å².